The quantitative estimate of drug-likeness (QED) is 0.769. The number of nitrogens with two attached hydrogens (primary N) is 1. The minimum absolute atomic E-state index is 0.0902. The molecule has 4 aliphatic carbocycles. The van der Waals surface area contributed by atoms with Crippen LogP contribution in [0.25, 0.3) is 0 Å². The Morgan fingerprint density at radius 3 is 1.92 bits per heavy atom. The van der Waals surface area contributed by atoms with E-state index in [1.165, 1.54) is 44.1 Å². The molecule has 134 valence electrons. The summed E-state index contributed by atoms with van der Waals surface area (Å²) < 4.78 is 0. The fraction of sp³-hybridized carbons (Fsp3) is 0.435. The number of benzene rings is 2. The summed E-state index contributed by atoms with van der Waals surface area (Å²) in [5.41, 5.74) is 9.75. The van der Waals surface area contributed by atoms with E-state index in [1.54, 1.807) is 24.3 Å². The minimum Gasteiger partial charge on any atom is -0.399 e. The molecule has 4 bridgehead atoms. The Bertz CT molecular complexity index is 787. The summed E-state index contributed by atoms with van der Waals surface area (Å²) in [7, 11) is 0. The van der Waals surface area contributed by atoms with Gasteiger partial charge < -0.3 is 11.1 Å². The topological polar surface area (TPSA) is 55.1 Å². The van der Waals surface area contributed by atoms with Crippen LogP contribution in [-0.4, -0.2) is 5.91 Å². The first-order valence-electron chi connectivity index (χ1n) is 9.87. The van der Waals surface area contributed by atoms with Gasteiger partial charge in [-0.15, -0.1) is 0 Å². The van der Waals surface area contributed by atoms with Crippen LogP contribution in [0.2, 0.25) is 0 Å². The van der Waals surface area contributed by atoms with Gasteiger partial charge in [-0.1, -0.05) is 12.1 Å². The van der Waals surface area contributed by atoms with Crippen molar-refractivity contribution in [2.45, 2.75) is 43.9 Å². The van der Waals surface area contributed by atoms with Crippen LogP contribution in [0, 0.1) is 17.8 Å². The van der Waals surface area contributed by atoms with Gasteiger partial charge in [0.15, 0.2) is 0 Å². The van der Waals surface area contributed by atoms with Crippen molar-refractivity contribution in [2.24, 2.45) is 17.8 Å². The lowest BCUT2D eigenvalue weighted by Crippen LogP contribution is -2.48. The summed E-state index contributed by atoms with van der Waals surface area (Å²) in [6, 6.07) is 15.7. The number of carbonyl (C=O) groups is 1. The zero-order valence-electron chi connectivity index (χ0n) is 15.1. The molecule has 26 heavy (non-hydrogen) atoms. The molecule has 0 unspecified atom stereocenters. The van der Waals surface area contributed by atoms with Crippen LogP contribution in [0.4, 0.5) is 11.4 Å². The molecule has 0 radical (unpaired) electrons. The zero-order chi connectivity index (χ0) is 17.7. The van der Waals surface area contributed by atoms with Crippen molar-refractivity contribution in [2.75, 3.05) is 11.1 Å². The van der Waals surface area contributed by atoms with Crippen molar-refractivity contribution in [3.05, 3.63) is 59.7 Å². The summed E-state index contributed by atoms with van der Waals surface area (Å²) in [5, 5.41) is 3.00. The molecule has 0 aliphatic heterocycles. The fourth-order valence-electron chi connectivity index (χ4n) is 6.21. The molecule has 1 amide bonds. The van der Waals surface area contributed by atoms with Gasteiger partial charge in [0.25, 0.3) is 5.91 Å². The van der Waals surface area contributed by atoms with E-state index < -0.39 is 0 Å². The molecule has 2 aromatic rings. The van der Waals surface area contributed by atoms with Crippen LogP contribution in [-0.2, 0) is 5.41 Å². The second-order valence-corrected chi connectivity index (χ2v) is 8.85. The van der Waals surface area contributed by atoms with Crippen LogP contribution in [0.15, 0.2) is 48.5 Å². The summed E-state index contributed by atoms with van der Waals surface area (Å²) >= 11 is 0. The van der Waals surface area contributed by atoms with Gasteiger partial charge in [-0.2, -0.15) is 0 Å². The van der Waals surface area contributed by atoms with E-state index in [1.807, 2.05) is 0 Å². The van der Waals surface area contributed by atoms with Crippen molar-refractivity contribution < 1.29 is 4.79 Å². The lowest BCUT2D eigenvalue weighted by Gasteiger charge is -2.57. The van der Waals surface area contributed by atoms with E-state index in [4.69, 9.17) is 5.73 Å². The third-order valence-corrected chi connectivity index (χ3v) is 6.97. The molecule has 4 aliphatic rings. The van der Waals surface area contributed by atoms with Crippen LogP contribution in [0.3, 0.4) is 0 Å². The summed E-state index contributed by atoms with van der Waals surface area (Å²) in [6.07, 6.45) is 8.52. The summed E-state index contributed by atoms with van der Waals surface area (Å²) in [5.74, 6) is 2.76. The molecule has 0 spiro atoms. The predicted octanol–water partition coefficient (Wildman–Crippen LogP) is 4.99. The minimum atomic E-state index is -0.0902. The molecule has 3 nitrogen and oxygen atoms in total. The van der Waals surface area contributed by atoms with Crippen LogP contribution in [0.1, 0.15) is 54.4 Å². The highest BCUT2D eigenvalue weighted by molar-refractivity contribution is 6.04. The Kier molecular flexibility index (Phi) is 3.59. The number of anilines is 2. The van der Waals surface area contributed by atoms with Crippen molar-refractivity contribution >= 4 is 17.3 Å². The first-order chi connectivity index (χ1) is 12.6. The molecule has 4 saturated carbocycles. The smallest absolute Gasteiger partial charge is 0.255 e. The number of nitrogens with one attached hydrogen (secondary N) is 1. The Labute approximate surface area is 155 Å². The van der Waals surface area contributed by atoms with Crippen molar-refractivity contribution in [3.63, 3.8) is 0 Å². The predicted molar refractivity (Wildman–Crippen MR) is 105 cm³/mol. The Morgan fingerprint density at radius 1 is 0.846 bits per heavy atom. The maximum absolute atomic E-state index is 12.4. The number of carbonyl (C=O) groups excluding carboxylic acids is 1. The van der Waals surface area contributed by atoms with E-state index in [0.717, 1.165) is 23.4 Å². The lowest BCUT2D eigenvalue weighted by molar-refractivity contribution is -0.00518. The van der Waals surface area contributed by atoms with Gasteiger partial charge in [-0.25, -0.2) is 0 Å². The second-order valence-electron chi connectivity index (χ2n) is 8.85. The van der Waals surface area contributed by atoms with Crippen LogP contribution in [0.5, 0.6) is 0 Å². The standard InChI is InChI=1S/C23H26N2O/c24-20-5-1-18(2-6-20)22(26)25-21-7-3-19(4-8-21)23-12-15-9-16(13-23)11-17(10-15)14-23/h1-8,15-17H,9-14,24H2,(H,25,26). The highest BCUT2D eigenvalue weighted by Gasteiger charge is 2.51. The lowest BCUT2D eigenvalue weighted by atomic mass is 9.48. The maximum atomic E-state index is 12.4. The fourth-order valence-corrected chi connectivity index (χ4v) is 6.21. The number of hydrogen-bond acceptors (Lipinski definition) is 2. The molecule has 0 atom stereocenters. The summed E-state index contributed by atoms with van der Waals surface area (Å²) in [4.78, 5) is 12.4. The molecule has 6 rings (SSSR count). The largest absolute Gasteiger partial charge is 0.399 e. The van der Waals surface area contributed by atoms with Crippen LogP contribution < -0.4 is 11.1 Å². The summed E-state index contributed by atoms with van der Waals surface area (Å²) in [6.45, 7) is 0. The first-order valence-corrected chi connectivity index (χ1v) is 9.87. The third kappa shape index (κ3) is 2.70. The van der Waals surface area contributed by atoms with Gasteiger partial charge in [0.1, 0.15) is 0 Å². The normalized spacial score (nSPS) is 31.8. The SMILES string of the molecule is Nc1ccc(C(=O)Nc2ccc(C34CC5CC(CC(C5)C3)C4)cc2)cc1. The molecule has 0 heterocycles. The average Bonchev–Trinajstić information content (AvgIpc) is 2.61. The Hall–Kier alpha value is -2.29. The van der Waals surface area contributed by atoms with Gasteiger partial charge >= 0.3 is 0 Å². The first kappa shape index (κ1) is 15.9. The number of hydrogen-bond donors (Lipinski definition) is 2. The van der Waals surface area contributed by atoms with E-state index >= 15 is 0 Å². The van der Waals surface area contributed by atoms with Gasteiger partial charge in [0.2, 0.25) is 0 Å². The van der Waals surface area contributed by atoms with E-state index in [2.05, 4.69) is 29.6 Å². The van der Waals surface area contributed by atoms with Crippen molar-refractivity contribution in [1.82, 2.24) is 0 Å². The van der Waals surface area contributed by atoms with E-state index in [0.29, 0.717) is 16.7 Å². The van der Waals surface area contributed by atoms with Crippen molar-refractivity contribution in [3.8, 4) is 0 Å². The highest BCUT2D eigenvalue weighted by atomic mass is 16.1. The second kappa shape index (κ2) is 5.87. The van der Waals surface area contributed by atoms with E-state index in [-0.39, 0.29) is 5.91 Å². The van der Waals surface area contributed by atoms with Crippen LogP contribution >= 0.6 is 0 Å². The third-order valence-electron chi connectivity index (χ3n) is 6.97. The number of nitrogen functional groups attached to an aromatic ring is 1. The van der Waals surface area contributed by atoms with E-state index in [9.17, 15) is 4.79 Å². The van der Waals surface area contributed by atoms with Crippen molar-refractivity contribution in [1.29, 1.82) is 0 Å². The molecule has 0 saturated heterocycles. The molecule has 3 N–H and O–H groups in total. The average molecular weight is 346 g/mol. The molecule has 2 aromatic carbocycles. The molecule has 0 aromatic heterocycles. The van der Waals surface area contributed by atoms with Gasteiger partial charge in [-0.05, 0) is 104 Å². The Morgan fingerprint density at radius 2 is 1.38 bits per heavy atom. The Balaban J connectivity index is 1.33. The molecule has 3 heteroatoms. The zero-order valence-corrected chi connectivity index (χ0v) is 15.1. The molecular weight excluding hydrogens is 320 g/mol. The number of rotatable bonds is 3. The highest BCUT2D eigenvalue weighted by Crippen LogP contribution is 2.60. The van der Waals surface area contributed by atoms with Gasteiger partial charge in [0.05, 0.1) is 0 Å². The monoisotopic (exact) mass is 346 g/mol. The molecule has 4 fully saturated rings. The number of amides is 1. The van der Waals surface area contributed by atoms with Gasteiger partial charge in [0, 0.05) is 16.9 Å². The maximum Gasteiger partial charge on any atom is 0.255 e. The molecular formula is C23H26N2O. The van der Waals surface area contributed by atoms with Gasteiger partial charge in [-0.3, -0.25) is 4.79 Å².